The Morgan fingerprint density at radius 1 is 1.00 bits per heavy atom. The number of fused-ring (bicyclic) bond motifs is 3. The second kappa shape index (κ2) is 6.64. The highest BCUT2D eigenvalue weighted by atomic mass is 16.5. The standard InChI is InChI=1S/C26H24O5/c1-25(16-7-5-4-6-8-16)17-9-11-18(19(27)12-10-17)26-14-15(13-20(25)26)21(23(28)30-2)22(26)24(29)31-3/h4-13,15,17-18H,14H2,1-3H3. The first-order chi connectivity index (χ1) is 14.9. The molecule has 0 radical (unpaired) electrons. The Kier molecular flexibility index (Phi) is 4.23. The van der Waals surface area contributed by atoms with Gasteiger partial charge in [0.2, 0.25) is 0 Å². The first-order valence-electron chi connectivity index (χ1n) is 10.5. The number of ketones is 1. The average Bonchev–Trinajstić information content (AvgIpc) is 3.23. The van der Waals surface area contributed by atoms with E-state index in [4.69, 9.17) is 9.47 Å². The smallest absolute Gasteiger partial charge is 0.335 e. The third kappa shape index (κ3) is 2.34. The summed E-state index contributed by atoms with van der Waals surface area (Å²) < 4.78 is 10.2. The fraction of sp³-hybridized carbons (Fsp3) is 0.346. The van der Waals surface area contributed by atoms with Crippen molar-refractivity contribution >= 4 is 17.7 Å². The summed E-state index contributed by atoms with van der Waals surface area (Å²) in [6, 6.07) is 10.1. The van der Waals surface area contributed by atoms with Crippen molar-refractivity contribution in [1.82, 2.24) is 0 Å². The molecule has 31 heavy (non-hydrogen) atoms. The lowest BCUT2D eigenvalue weighted by atomic mass is 9.55. The Morgan fingerprint density at radius 3 is 2.39 bits per heavy atom. The fourth-order valence-electron chi connectivity index (χ4n) is 6.35. The van der Waals surface area contributed by atoms with Gasteiger partial charge in [-0.25, -0.2) is 9.59 Å². The van der Waals surface area contributed by atoms with Crippen molar-refractivity contribution in [3.8, 4) is 0 Å². The molecule has 0 fully saturated rings. The summed E-state index contributed by atoms with van der Waals surface area (Å²) >= 11 is 0. The minimum Gasteiger partial charge on any atom is -0.466 e. The van der Waals surface area contributed by atoms with E-state index in [1.807, 2.05) is 30.4 Å². The average molecular weight is 416 g/mol. The zero-order valence-corrected chi connectivity index (χ0v) is 17.8. The molecule has 0 aliphatic heterocycles. The molecule has 0 heterocycles. The molecule has 1 spiro atoms. The lowest BCUT2D eigenvalue weighted by Crippen LogP contribution is -2.46. The summed E-state index contributed by atoms with van der Waals surface area (Å²) in [4.78, 5) is 39.1. The molecule has 4 aliphatic carbocycles. The van der Waals surface area contributed by atoms with Gasteiger partial charge >= 0.3 is 11.9 Å². The maximum absolute atomic E-state index is 13.2. The fourth-order valence-corrected chi connectivity index (χ4v) is 6.35. The molecular weight excluding hydrogens is 392 g/mol. The van der Waals surface area contributed by atoms with Crippen LogP contribution in [-0.4, -0.2) is 31.9 Å². The van der Waals surface area contributed by atoms with Gasteiger partial charge in [0.15, 0.2) is 5.78 Å². The number of carbonyl (C=O) groups is 3. The normalized spacial score (nSPS) is 34.9. The summed E-state index contributed by atoms with van der Waals surface area (Å²) in [7, 11) is 2.62. The highest BCUT2D eigenvalue weighted by Gasteiger charge is 2.66. The Morgan fingerprint density at radius 2 is 1.71 bits per heavy atom. The van der Waals surface area contributed by atoms with Gasteiger partial charge in [-0.15, -0.1) is 0 Å². The number of rotatable bonds is 3. The quantitative estimate of drug-likeness (QED) is 0.557. The van der Waals surface area contributed by atoms with E-state index in [-0.39, 0.29) is 23.2 Å². The number of carbonyl (C=O) groups excluding carboxylic acids is 3. The van der Waals surface area contributed by atoms with Crippen LogP contribution in [-0.2, 0) is 29.3 Å². The van der Waals surface area contributed by atoms with Crippen molar-refractivity contribution < 1.29 is 23.9 Å². The van der Waals surface area contributed by atoms with Crippen LogP contribution in [0.2, 0.25) is 0 Å². The predicted octanol–water partition coefficient (Wildman–Crippen LogP) is 3.47. The van der Waals surface area contributed by atoms with Gasteiger partial charge < -0.3 is 9.47 Å². The number of hydrogen-bond donors (Lipinski definition) is 0. The molecule has 1 aromatic carbocycles. The van der Waals surface area contributed by atoms with E-state index >= 15 is 0 Å². The van der Waals surface area contributed by atoms with Crippen LogP contribution in [0.3, 0.4) is 0 Å². The highest BCUT2D eigenvalue weighted by molar-refractivity contribution is 6.07. The first kappa shape index (κ1) is 19.7. The lowest BCUT2D eigenvalue weighted by molar-refractivity contribution is -0.140. The van der Waals surface area contributed by atoms with Crippen molar-refractivity contribution in [1.29, 1.82) is 0 Å². The molecule has 158 valence electrons. The van der Waals surface area contributed by atoms with Gasteiger partial charge in [-0.1, -0.05) is 67.1 Å². The van der Waals surface area contributed by atoms with Crippen LogP contribution in [0.5, 0.6) is 0 Å². The van der Waals surface area contributed by atoms with Gasteiger partial charge in [0.1, 0.15) is 0 Å². The number of hydrogen-bond acceptors (Lipinski definition) is 5. The van der Waals surface area contributed by atoms with Crippen LogP contribution in [0.25, 0.3) is 0 Å². The maximum Gasteiger partial charge on any atom is 0.335 e. The minimum absolute atomic E-state index is 0.0608. The Balaban J connectivity index is 1.85. The first-order valence-corrected chi connectivity index (χ1v) is 10.5. The molecule has 1 aromatic rings. The van der Waals surface area contributed by atoms with E-state index < -0.39 is 28.7 Å². The van der Waals surface area contributed by atoms with Gasteiger partial charge in [0.05, 0.1) is 31.3 Å². The highest BCUT2D eigenvalue weighted by Crippen LogP contribution is 2.68. The number of ether oxygens (including phenoxy) is 2. The van der Waals surface area contributed by atoms with Crippen LogP contribution in [0, 0.1) is 23.2 Å². The lowest BCUT2D eigenvalue weighted by Gasteiger charge is -2.47. The number of esters is 2. The third-order valence-corrected chi connectivity index (χ3v) is 7.69. The Labute approximate surface area is 181 Å². The predicted molar refractivity (Wildman–Crippen MR) is 114 cm³/mol. The van der Waals surface area contributed by atoms with Crippen LogP contribution < -0.4 is 0 Å². The van der Waals surface area contributed by atoms with E-state index in [0.29, 0.717) is 12.0 Å². The molecule has 0 saturated carbocycles. The van der Waals surface area contributed by atoms with Crippen molar-refractivity contribution in [2.24, 2.45) is 23.2 Å². The molecule has 5 heteroatoms. The van der Waals surface area contributed by atoms with Gasteiger partial charge in [0.25, 0.3) is 0 Å². The molecule has 5 nitrogen and oxygen atoms in total. The summed E-state index contributed by atoms with van der Waals surface area (Å²) in [5.74, 6) is -2.10. The molecular formula is C26H24O5. The van der Waals surface area contributed by atoms with E-state index in [2.05, 4.69) is 31.2 Å². The zero-order chi connectivity index (χ0) is 22.0. The molecule has 0 amide bonds. The van der Waals surface area contributed by atoms with Crippen LogP contribution in [0.15, 0.2) is 77.4 Å². The third-order valence-electron chi connectivity index (χ3n) is 7.69. The molecule has 0 aromatic heterocycles. The molecule has 5 unspecified atom stereocenters. The number of benzene rings is 1. The van der Waals surface area contributed by atoms with Crippen molar-refractivity contribution in [2.45, 2.75) is 18.8 Å². The summed E-state index contributed by atoms with van der Waals surface area (Å²) in [6.45, 7) is 2.17. The summed E-state index contributed by atoms with van der Waals surface area (Å²) in [6.07, 6.45) is 10.2. The largest absolute Gasteiger partial charge is 0.466 e. The van der Waals surface area contributed by atoms with E-state index in [0.717, 1.165) is 11.1 Å². The molecule has 0 saturated heterocycles. The van der Waals surface area contributed by atoms with Crippen LogP contribution >= 0.6 is 0 Å². The van der Waals surface area contributed by atoms with Crippen LogP contribution in [0.1, 0.15) is 18.9 Å². The molecule has 0 N–H and O–H groups in total. The zero-order valence-electron chi connectivity index (χ0n) is 17.8. The monoisotopic (exact) mass is 416 g/mol. The summed E-state index contributed by atoms with van der Waals surface area (Å²) in [5.41, 5.74) is 1.31. The second-order valence-electron chi connectivity index (χ2n) is 8.85. The number of allylic oxidation sites excluding steroid dienone is 6. The Hall–Kier alpha value is -3.21. The van der Waals surface area contributed by atoms with Crippen molar-refractivity contribution in [3.63, 3.8) is 0 Å². The van der Waals surface area contributed by atoms with E-state index in [1.165, 1.54) is 14.2 Å². The summed E-state index contributed by atoms with van der Waals surface area (Å²) in [5, 5.41) is 0. The number of methoxy groups -OCH3 is 2. The van der Waals surface area contributed by atoms with Gasteiger partial charge in [0, 0.05) is 22.7 Å². The van der Waals surface area contributed by atoms with Gasteiger partial charge in [-0.2, -0.15) is 0 Å². The van der Waals surface area contributed by atoms with Gasteiger partial charge in [-0.3, -0.25) is 4.79 Å². The second-order valence-corrected chi connectivity index (χ2v) is 8.85. The van der Waals surface area contributed by atoms with Crippen molar-refractivity contribution in [2.75, 3.05) is 14.2 Å². The minimum atomic E-state index is -0.932. The molecule has 5 atom stereocenters. The molecule has 5 rings (SSSR count). The van der Waals surface area contributed by atoms with Crippen LogP contribution in [0.4, 0.5) is 0 Å². The topological polar surface area (TPSA) is 69.7 Å². The maximum atomic E-state index is 13.2. The molecule has 4 bridgehead atoms. The van der Waals surface area contributed by atoms with E-state index in [9.17, 15) is 14.4 Å². The van der Waals surface area contributed by atoms with Crippen molar-refractivity contribution in [3.05, 3.63) is 83.0 Å². The SMILES string of the molecule is COC(=O)C1=C(C(=O)OC)C23CC1C=C2C(C)(c1ccccc1)C1C=CC(=O)C3C=C1. The van der Waals surface area contributed by atoms with E-state index in [1.54, 1.807) is 6.08 Å². The molecule has 4 aliphatic rings. The van der Waals surface area contributed by atoms with Gasteiger partial charge in [-0.05, 0) is 18.1 Å². The Bertz CT molecular complexity index is 1120.